The van der Waals surface area contributed by atoms with Crippen LogP contribution in [-0.2, 0) is 22.6 Å². The molecule has 1 unspecified atom stereocenters. The minimum absolute atomic E-state index is 0.166. The Morgan fingerprint density at radius 1 is 1.00 bits per heavy atom. The monoisotopic (exact) mass is 671 g/mol. The molecule has 1 aromatic carbocycles. The number of benzene rings is 1. The summed E-state index contributed by atoms with van der Waals surface area (Å²) in [5.41, 5.74) is 8.58. The lowest BCUT2D eigenvalue weighted by atomic mass is 9.81. The number of fused-ring (bicyclic) bond motifs is 2. The minimum atomic E-state index is -0.224. The van der Waals surface area contributed by atoms with Crippen LogP contribution >= 0.6 is 11.3 Å². The van der Waals surface area contributed by atoms with E-state index in [2.05, 4.69) is 55.1 Å². The predicted molar refractivity (Wildman–Crippen MR) is 187 cm³/mol. The Balaban J connectivity index is 0.881. The van der Waals surface area contributed by atoms with E-state index in [-0.39, 0.29) is 17.7 Å². The van der Waals surface area contributed by atoms with Gasteiger partial charge in [-0.2, -0.15) is 10.4 Å². The SMILES string of the molecule is CNc1cc(-c2ccc3cc(C#N)cnn23)ncc1-c1nnc(C2CCC(CN3CCc4cc(C5CCC(=O)NC5=O)ccc4C3)CC2)s1. The number of carbonyl (C=O) groups is 2. The summed E-state index contributed by atoms with van der Waals surface area (Å²) in [7, 11) is 1.90. The predicted octanol–water partition coefficient (Wildman–Crippen LogP) is 5.68. The van der Waals surface area contributed by atoms with Gasteiger partial charge in [0, 0.05) is 50.9 Å². The van der Waals surface area contributed by atoms with E-state index >= 15 is 0 Å². The maximum absolute atomic E-state index is 12.4. The topological polar surface area (TPSA) is 141 Å². The number of nitrogens with one attached hydrogen (secondary N) is 2. The molecule has 11 nitrogen and oxygen atoms in total. The molecule has 4 aromatic heterocycles. The van der Waals surface area contributed by atoms with Gasteiger partial charge in [0.25, 0.3) is 0 Å². The number of amides is 2. The first kappa shape index (κ1) is 31.3. The van der Waals surface area contributed by atoms with Crippen molar-refractivity contribution < 1.29 is 9.59 Å². The van der Waals surface area contributed by atoms with Crippen molar-refractivity contribution in [3.05, 3.63) is 82.1 Å². The van der Waals surface area contributed by atoms with Crippen LogP contribution in [0.3, 0.4) is 0 Å². The second-order valence-corrected chi connectivity index (χ2v) is 14.5. The molecule has 1 aliphatic carbocycles. The quantitative estimate of drug-likeness (QED) is 0.209. The molecule has 0 spiro atoms. The highest BCUT2D eigenvalue weighted by Gasteiger charge is 2.30. The lowest BCUT2D eigenvalue weighted by Crippen LogP contribution is -2.39. The van der Waals surface area contributed by atoms with E-state index in [1.54, 1.807) is 22.0 Å². The van der Waals surface area contributed by atoms with Crippen molar-refractivity contribution >= 4 is 34.4 Å². The standard InChI is InChI=1S/C37H37N9O2S/c1-39-31-16-32(33-10-8-28-14-23(17-38)18-41-46(28)33)40-19-30(31)37-44-43-36(49-37)24-4-2-22(3-5-24)20-45-13-12-25-15-26(6-7-27(25)21-45)29-9-11-34(47)42-35(29)48/h6-8,10,14-16,18-19,22,24,29H,2-5,9,11-13,20-21H2,1H3,(H,39,40)(H,42,47,48). The van der Waals surface area contributed by atoms with E-state index in [1.165, 1.54) is 24.0 Å². The lowest BCUT2D eigenvalue weighted by molar-refractivity contribution is -0.134. The van der Waals surface area contributed by atoms with Gasteiger partial charge in [0.15, 0.2) is 5.01 Å². The number of imide groups is 1. The molecule has 1 saturated heterocycles. The van der Waals surface area contributed by atoms with Crippen LogP contribution < -0.4 is 10.6 Å². The maximum atomic E-state index is 12.4. The molecular weight excluding hydrogens is 635 g/mol. The zero-order chi connectivity index (χ0) is 33.5. The number of nitrogens with zero attached hydrogens (tertiary/aromatic N) is 7. The molecule has 0 bridgehead atoms. The highest BCUT2D eigenvalue weighted by Crippen LogP contribution is 2.41. The molecule has 2 fully saturated rings. The van der Waals surface area contributed by atoms with E-state index in [0.29, 0.717) is 30.2 Å². The summed E-state index contributed by atoms with van der Waals surface area (Å²) in [4.78, 5) is 31.3. The van der Waals surface area contributed by atoms with Gasteiger partial charge in [-0.3, -0.25) is 24.8 Å². The van der Waals surface area contributed by atoms with Gasteiger partial charge in [0.2, 0.25) is 11.8 Å². The zero-order valence-electron chi connectivity index (χ0n) is 27.4. The van der Waals surface area contributed by atoms with Crippen molar-refractivity contribution in [1.29, 1.82) is 5.26 Å². The van der Waals surface area contributed by atoms with Crippen molar-refractivity contribution in [2.75, 3.05) is 25.5 Å². The largest absolute Gasteiger partial charge is 0.387 e. The first-order valence-electron chi connectivity index (χ1n) is 17.0. The Morgan fingerprint density at radius 2 is 1.88 bits per heavy atom. The Kier molecular flexibility index (Phi) is 8.39. The third kappa shape index (κ3) is 6.20. The van der Waals surface area contributed by atoms with Crippen molar-refractivity contribution in [1.82, 2.24) is 35.0 Å². The van der Waals surface area contributed by atoms with E-state index in [0.717, 1.165) is 82.6 Å². The fourth-order valence-electron chi connectivity index (χ4n) is 7.71. The van der Waals surface area contributed by atoms with E-state index in [4.69, 9.17) is 4.98 Å². The van der Waals surface area contributed by atoms with Crippen molar-refractivity contribution in [2.24, 2.45) is 5.92 Å². The number of carbonyl (C=O) groups excluding carboxylic acids is 2. The zero-order valence-corrected chi connectivity index (χ0v) is 28.2. The van der Waals surface area contributed by atoms with E-state index in [1.807, 2.05) is 37.5 Å². The average molecular weight is 672 g/mol. The van der Waals surface area contributed by atoms with Gasteiger partial charge in [0.05, 0.1) is 40.1 Å². The molecule has 1 atom stereocenters. The smallest absolute Gasteiger partial charge is 0.234 e. The molecule has 49 heavy (non-hydrogen) atoms. The summed E-state index contributed by atoms with van der Waals surface area (Å²) < 4.78 is 1.80. The Labute approximate surface area is 288 Å². The number of nitriles is 1. The number of rotatable bonds is 7. The van der Waals surface area contributed by atoms with Gasteiger partial charge in [-0.15, -0.1) is 10.2 Å². The third-order valence-corrected chi connectivity index (χ3v) is 11.5. The van der Waals surface area contributed by atoms with Gasteiger partial charge in [-0.1, -0.05) is 29.5 Å². The fraction of sp³-hybridized carbons (Fsp3) is 0.378. The summed E-state index contributed by atoms with van der Waals surface area (Å²) in [6.07, 6.45) is 10.0. The molecule has 248 valence electrons. The molecule has 0 radical (unpaired) electrons. The summed E-state index contributed by atoms with van der Waals surface area (Å²) in [6, 6.07) is 16.4. The van der Waals surface area contributed by atoms with Gasteiger partial charge in [0.1, 0.15) is 11.1 Å². The van der Waals surface area contributed by atoms with Crippen LogP contribution in [0.5, 0.6) is 0 Å². The number of pyridine rings is 1. The average Bonchev–Trinajstić information content (AvgIpc) is 3.79. The minimum Gasteiger partial charge on any atom is -0.387 e. The number of anilines is 1. The van der Waals surface area contributed by atoms with Crippen molar-refractivity contribution in [3.8, 4) is 28.0 Å². The van der Waals surface area contributed by atoms with Crippen LogP contribution in [0.1, 0.15) is 77.6 Å². The second-order valence-electron chi connectivity index (χ2n) is 13.5. The Morgan fingerprint density at radius 3 is 2.69 bits per heavy atom. The lowest BCUT2D eigenvalue weighted by Gasteiger charge is -2.35. The van der Waals surface area contributed by atoms with Crippen LogP contribution in [-0.4, -0.2) is 61.6 Å². The summed E-state index contributed by atoms with van der Waals surface area (Å²) in [5.74, 6) is 0.543. The van der Waals surface area contributed by atoms with Gasteiger partial charge in [-0.25, -0.2) is 4.52 Å². The van der Waals surface area contributed by atoms with Gasteiger partial charge < -0.3 is 5.32 Å². The molecular formula is C37H37N9O2S. The normalized spacial score (nSPS) is 21.3. The van der Waals surface area contributed by atoms with Crippen LogP contribution in [0.2, 0.25) is 0 Å². The molecule has 6 heterocycles. The van der Waals surface area contributed by atoms with Crippen LogP contribution in [0.4, 0.5) is 5.69 Å². The number of aromatic nitrogens is 5. The van der Waals surface area contributed by atoms with E-state index in [9.17, 15) is 14.9 Å². The molecule has 2 aliphatic heterocycles. The number of hydrogen-bond donors (Lipinski definition) is 2. The van der Waals surface area contributed by atoms with Gasteiger partial charge >= 0.3 is 0 Å². The van der Waals surface area contributed by atoms with Crippen LogP contribution in [0, 0.1) is 17.2 Å². The fourth-order valence-corrected chi connectivity index (χ4v) is 8.74. The molecule has 2 amide bonds. The first-order valence-corrected chi connectivity index (χ1v) is 17.8. The number of hydrogen-bond acceptors (Lipinski definition) is 10. The highest BCUT2D eigenvalue weighted by atomic mass is 32.1. The maximum Gasteiger partial charge on any atom is 0.234 e. The third-order valence-electron chi connectivity index (χ3n) is 10.4. The molecule has 8 rings (SSSR count). The number of piperidine rings is 1. The molecule has 5 aromatic rings. The highest BCUT2D eigenvalue weighted by molar-refractivity contribution is 7.14. The van der Waals surface area contributed by atoms with Crippen molar-refractivity contribution in [3.63, 3.8) is 0 Å². The second kappa shape index (κ2) is 13.1. The van der Waals surface area contributed by atoms with Crippen molar-refractivity contribution in [2.45, 2.75) is 63.3 Å². The molecule has 2 N–H and O–H groups in total. The summed E-state index contributed by atoms with van der Waals surface area (Å²) >= 11 is 1.67. The van der Waals surface area contributed by atoms with Gasteiger partial charge in [-0.05, 0) is 85.4 Å². The summed E-state index contributed by atoms with van der Waals surface area (Å²) in [6.45, 7) is 3.09. The molecule has 1 saturated carbocycles. The van der Waals surface area contributed by atoms with Crippen LogP contribution in [0.25, 0.3) is 27.5 Å². The molecule has 3 aliphatic rings. The Bertz CT molecular complexity index is 2110. The summed E-state index contributed by atoms with van der Waals surface area (Å²) in [5, 5.41) is 30.7. The first-order chi connectivity index (χ1) is 23.9. The Hall–Kier alpha value is -4.99. The molecule has 12 heteroatoms. The van der Waals surface area contributed by atoms with E-state index < -0.39 is 0 Å². The van der Waals surface area contributed by atoms with Crippen LogP contribution in [0.15, 0.2) is 54.9 Å².